The van der Waals surface area contributed by atoms with E-state index < -0.39 is 47.5 Å². The van der Waals surface area contributed by atoms with Crippen LogP contribution in [0, 0.1) is 0 Å². The summed E-state index contributed by atoms with van der Waals surface area (Å²) in [6, 6.07) is 171. The Labute approximate surface area is 664 Å². The van der Waals surface area contributed by atoms with Crippen LogP contribution in [-0.4, -0.2) is 0 Å². The topological polar surface area (TPSA) is 0 Å². The third-order valence-electron chi connectivity index (χ3n) is 16.9. The zero-order valence-corrected chi connectivity index (χ0v) is 67.6. The molecule has 0 heterocycles. The molecule has 0 saturated carbocycles. The molecule has 0 aliphatic rings. The van der Waals surface area contributed by atoms with Crippen LogP contribution < -0.4 is 95.5 Å². The van der Waals surface area contributed by atoms with Crippen molar-refractivity contribution in [2.75, 3.05) is 0 Å². The van der Waals surface area contributed by atoms with Gasteiger partial charge in [-0.15, -0.1) is 0 Å². The first-order chi connectivity index (χ1) is 51.7. The Balaban J connectivity index is 0.000000142. The van der Waals surface area contributed by atoms with Crippen molar-refractivity contribution in [3.05, 3.63) is 473 Å². The van der Waals surface area contributed by atoms with Gasteiger partial charge in [0, 0.05) is 0 Å². The van der Waals surface area contributed by atoms with Gasteiger partial charge in [-0.25, -0.2) is 0 Å². The van der Waals surface area contributed by atoms with E-state index in [2.05, 4.69) is 505 Å². The van der Waals surface area contributed by atoms with Crippen LogP contribution in [0.3, 0.4) is 0 Å². The van der Waals surface area contributed by atoms with Gasteiger partial charge in [-0.05, 0) is 143 Å². The minimum Gasteiger partial charge on any atom is -0.0622 e. The third-order valence-corrected chi connectivity index (χ3v) is 32.2. The largest absolute Gasteiger partial charge is 0.0622 e. The summed E-state index contributed by atoms with van der Waals surface area (Å²) in [6.07, 6.45) is 0. The van der Waals surface area contributed by atoms with E-state index in [1.807, 2.05) is 0 Å². The second-order valence-electron chi connectivity index (χ2n) is 23.7. The molecule has 0 amide bonds. The van der Waals surface area contributed by atoms with Gasteiger partial charge in [-0.2, -0.15) is 0 Å². The second kappa shape index (κ2) is 43.0. The van der Waals surface area contributed by atoms with Crippen LogP contribution >= 0.6 is 60.6 Å². The number of rotatable bonds is 18. The van der Waals surface area contributed by atoms with E-state index in [9.17, 15) is 0 Å². The molecule has 0 fully saturated rings. The molecule has 0 nitrogen and oxygen atoms in total. The molecule has 0 bridgehead atoms. The van der Waals surface area contributed by atoms with Crippen molar-refractivity contribution in [1.82, 2.24) is 0 Å². The fourth-order valence-corrected chi connectivity index (χ4v) is 27.5. The monoisotopic (exact) mass is 1710 g/mol. The van der Waals surface area contributed by atoms with E-state index >= 15 is 0 Å². The molecule has 0 saturated heterocycles. The van der Waals surface area contributed by atoms with Crippen LogP contribution in [0.15, 0.2) is 473 Å². The van der Waals surface area contributed by atoms with Gasteiger partial charge >= 0.3 is 54.3 Å². The average molecular weight is 1710 g/mol. The molecule has 0 spiro atoms. The van der Waals surface area contributed by atoms with Crippen LogP contribution in [0.5, 0.6) is 0 Å². The zero-order valence-electron chi connectivity index (χ0n) is 57.7. The summed E-state index contributed by atoms with van der Waals surface area (Å²) in [5.74, 6) is 0. The minimum absolute atomic E-state index is 0. The number of benzene rings is 16. The summed E-state index contributed by atoms with van der Waals surface area (Å²) in [5, 5.41) is 25.3. The van der Waals surface area contributed by atoms with E-state index in [4.69, 9.17) is 0 Å². The minimum atomic E-state index is -0.664. The van der Waals surface area contributed by atoms with Crippen LogP contribution in [-0.2, 0) is 41.3 Å². The Morgan fingerprint density at radius 2 is 0.190 bits per heavy atom. The van der Waals surface area contributed by atoms with E-state index in [1.54, 1.807) is 0 Å². The summed E-state index contributed by atoms with van der Waals surface area (Å²) in [5.41, 5.74) is 0. The van der Waals surface area contributed by atoms with Gasteiger partial charge in [-0.1, -0.05) is 473 Å². The van der Waals surface area contributed by atoms with Crippen molar-refractivity contribution >= 4 is 156 Å². The van der Waals surface area contributed by atoms with Crippen molar-refractivity contribution in [2.45, 2.75) is 0 Å². The molecule has 0 aliphatic heterocycles. The number of halogens is 1. The normalized spacial score (nSPS) is 10.6. The maximum Gasteiger partial charge on any atom is -0.00675 e. The maximum atomic E-state index is 2.76. The molecule has 16 aromatic carbocycles. The van der Waals surface area contributed by atoms with Gasteiger partial charge in [0.2, 0.25) is 0 Å². The van der Waals surface area contributed by atoms with Crippen molar-refractivity contribution in [3.63, 3.8) is 0 Å². The number of hydrogen-bond donors (Lipinski definition) is 0. The maximum absolute atomic E-state index is 2.76. The van der Waals surface area contributed by atoms with Crippen LogP contribution in [0.25, 0.3) is 0 Å². The van der Waals surface area contributed by atoms with Crippen LogP contribution in [0.4, 0.5) is 0 Å². The summed E-state index contributed by atoms with van der Waals surface area (Å²) in [4.78, 5) is 0. The molecule has 0 aromatic heterocycles. The first kappa shape index (κ1) is 78.1. The predicted molar refractivity (Wildman–Crippen MR) is 467 cm³/mol. The van der Waals surface area contributed by atoms with Crippen molar-refractivity contribution in [2.24, 2.45) is 0 Å². The molecule has 0 atom stereocenters. The Morgan fingerprint density at radius 1 is 0.114 bits per heavy atom. The fourth-order valence-electron chi connectivity index (χ4n) is 12.4. The summed E-state index contributed by atoms with van der Waals surface area (Å²) >= 11 is 5.51. The molecule has 16 aromatic rings. The Hall–Kier alpha value is -7.94. The molecule has 0 radical (unpaired) electrons. The van der Waals surface area contributed by atoms with Crippen molar-refractivity contribution in [3.8, 4) is 0 Å². The SMILES string of the molecule is [Ag+].[Br][Ag].c1ccc(P(c2ccccc2)c2ccccc2)cc1.c1ccc(P(c2ccccc2)c2ccccc2)cc1.c1ccc(P(c2ccccc2)c2ccccc2P(c2ccccc2)c2ccccc2)cc1.c1ccc(P(c2ccccc2)c2ccccc2P(c2ccccc2)c2ccccc2)cc1. The Kier molecular flexibility index (Phi) is 32.0. The van der Waals surface area contributed by atoms with Gasteiger partial charge in [0.1, 0.15) is 0 Å². The number of hydrogen-bond acceptors (Lipinski definition) is 0. The van der Waals surface area contributed by atoms with Gasteiger partial charge in [0.05, 0.1) is 0 Å². The molecule has 105 heavy (non-hydrogen) atoms. The average Bonchev–Trinajstić information content (AvgIpc) is 0.781. The molecular weight excluding hydrogens is 1630 g/mol. The van der Waals surface area contributed by atoms with Crippen molar-refractivity contribution in [1.29, 1.82) is 0 Å². The molecule has 9 heteroatoms. The molecular formula is C96H78Ag2BrP6+. The summed E-state index contributed by atoms with van der Waals surface area (Å²) in [7, 11) is -3.55. The van der Waals surface area contributed by atoms with Gasteiger partial charge < -0.3 is 0 Å². The molecule has 0 unspecified atom stereocenters. The first-order valence-electron chi connectivity index (χ1n) is 34.5. The quantitative estimate of drug-likeness (QED) is 0.0593. The van der Waals surface area contributed by atoms with Gasteiger partial charge in [0.15, 0.2) is 0 Å². The summed E-state index contributed by atoms with van der Waals surface area (Å²) in [6.45, 7) is 0. The van der Waals surface area contributed by atoms with Crippen LogP contribution in [0.1, 0.15) is 0 Å². The fraction of sp³-hybridized carbons (Fsp3) is 0. The van der Waals surface area contributed by atoms with Gasteiger partial charge in [-0.3, -0.25) is 0 Å². The van der Waals surface area contributed by atoms with E-state index in [0.717, 1.165) is 0 Å². The third kappa shape index (κ3) is 21.7. The van der Waals surface area contributed by atoms with E-state index in [0.29, 0.717) is 0 Å². The van der Waals surface area contributed by atoms with Crippen molar-refractivity contribution < 1.29 is 41.3 Å². The molecule has 0 aliphatic carbocycles. The second-order valence-corrected chi connectivity index (χ2v) is 36.9. The standard InChI is InChI=1S/2C30H24P2.2C18H15P.2Ag.BrH/c2*1-5-15-25(16-6-1)31(26-17-7-2-8-18-26)29-23-13-14-24-30(29)32(27-19-9-3-10-20-27)28-21-11-4-12-22-28;2*1-4-10-16(11-5-1)19(17-12-6-2-7-13-17)18-14-8-3-9-15-18;;;/h2*1-24H;2*1-15H;;;1H/q;;;;2*+1;/p-1. The smallest absolute Gasteiger partial charge is 0.00675 e. The Morgan fingerprint density at radius 3 is 0.286 bits per heavy atom. The predicted octanol–water partition coefficient (Wildman–Crippen LogP) is 18.1. The zero-order chi connectivity index (χ0) is 71.0. The molecule has 16 rings (SSSR count). The molecule has 520 valence electrons. The van der Waals surface area contributed by atoms with E-state index in [-0.39, 0.29) is 22.4 Å². The van der Waals surface area contributed by atoms with Gasteiger partial charge in [0.25, 0.3) is 0 Å². The molecule has 0 N–H and O–H groups in total. The Bertz CT molecular complexity index is 4150. The van der Waals surface area contributed by atoms with Crippen LogP contribution in [0.2, 0.25) is 0 Å². The summed E-state index contributed by atoms with van der Waals surface area (Å²) < 4.78 is 0. The first-order valence-corrected chi connectivity index (χ1v) is 46.0. The van der Waals surface area contributed by atoms with E-state index in [1.165, 1.54) is 95.5 Å².